The minimum absolute atomic E-state index is 0.0879. The number of fused-ring (bicyclic) bond motifs is 1. The minimum Gasteiger partial charge on any atom is -0.312 e. The second-order valence-electron chi connectivity index (χ2n) is 8.13. The number of hydrogen-bond donors (Lipinski definition) is 0. The smallest absolute Gasteiger partial charge is 0.180 e. The highest BCUT2D eigenvalue weighted by molar-refractivity contribution is 6.09. The zero-order chi connectivity index (χ0) is 21.8. The standard InChI is InChI=1S/C25H26N4O2/c1-18-24(23(31)17-28-11-3-2-4-12-28)25-22(14-20(16-27-25)6-5-13-30)29(18)21-9-7-19(15-26)8-10-21/h7-10,13-14,16H,2-6,11-12,17H2,1H3. The van der Waals surface area contributed by atoms with Crippen molar-refractivity contribution in [2.75, 3.05) is 19.6 Å². The number of aromatic nitrogens is 2. The molecule has 0 amide bonds. The molecule has 0 bridgehead atoms. The molecule has 1 aliphatic heterocycles. The van der Waals surface area contributed by atoms with Gasteiger partial charge in [0.1, 0.15) is 6.29 Å². The lowest BCUT2D eigenvalue weighted by Crippen LogP contribution is -2.34. The van der Waals surface area contributed by atoms with Gasteiger partial charge in [-0.25, -0.2) is 0 Å². The Hall–Kier alpha value is -3.30. The van der Waals surface area contributed by atoms with Gasteiger partial charge in [0.15, 0.2) is 5.78 Å². The highest BCUT2D eigenvalue weighted by Crippen LogP contribution is 2.30. The number of pyridine rings is 1. The third-order valence-corrected chi connectivity index (χ3v) is 6.00. The first-order chi connectivity index (χ1) is 15.1. The molecule has 0 N–H and O–H groups in total. The Balaban J connectivity index is 1.81. The first-order valence-electron chi connectivity index (χ1n) is 10.8. The molecular formula is C25H26N4O2. The molecule has 1 saturated heterocycles. The monoisotopic (exact) mass is 414 g/mol. The zero-order valence-electron chi connectivity index (χ0n) is 17.8. The van der Waals surface area contributed by atoms with Crippen LogP contribution in [0.15, 0.2) is 36.5 Å². The van der Waals surface area contributed by atoms with E-state index in [0.717, 1.165) is 54.7 Å². The molecule has 1 aliphatic rings. The molecule has 0 saturated carbocycles. The van der Waals surface area contributed by atoms with Crippen LogP contribution in [-0.2, 0) is 11.2 Å². The van der Waals surface area contributed by atoms with E-state index in [4.69, 9.17) is 5.26 Å². The van der Waals surface area contributed by atoms with E-state index >= 15 is 0 Å². The van der Waals surface area contributed by atoms with E-state index in [9.17, 15) is 9.59 Å². The Morgan fingerprint density at radius 3 is 2.61 bits per heavy atom. The molecule has 4 rings (SSSR count). The van der Waals surface area contributed by atoms with Gasteiger partial charge in [-0.2, -0.15) is 5.26 Å². The molecule has 1 fully saturated rings. The largest absolute Gasteiger partial charge is 0.312 e. The maximum absolute atomic E-state index is 13.4. The van der Waals surface area contributed by atoms with E-state index in [-0.39, 0.29) is 5.78 Å². The van der Waals surface area contributed by atoms with Gasteiger partial charge in [0.2, 0.25) is 0 Å². The molecular weight excluding hydrogens is 388 g/mol. The summed E-state index contributed by atoms with van der Waals surface area (Å²) in [6, 6.07) is 11.5. The molecule has 0 unspecified atom stereocenters. The maximum Gasteiger partial charge on any atom is 0.180 e. The number of Topliss-reactive ketones (excluding diaryl/α,β-unsaturated/α-hetero) is 1. The van der Waals surface area contributed by atoms with E-state index in [0.29, 0.717) is 36.0 Å². The van der Waals surface area contributed by atoms with Gasteiger partial charge < -0.3 is 9.36 Å². The molecule has 158 valence electrons. The number of rotatable bonds is 7. The number of aryl methyl sites for hydroxylation is 1. The minimum atomic E-state index is 0.0879. The van der Waals surface area contributed by atoms with Crippen LogP contribution in [0.4, 0.5) is 0 Å². The lowest BCUT2D eigenvalue weighted by atomic mass is 10.1. The van der Waals surface area contributed by atoms with Gasteiger partial charge in [0.05, 0.1) is 34.8 Å². The van der Waals surface area contributed by atoms with Crippen LogP contribution in [0.2, 0.25) is 0 Å². The average molecular weight is 415 g/mol. The SMILES string of the molecule is Cc1c(C(=O)CN2CCCCC2)c2ncc(CCC=O)cc2n1-c1ccc(C#N)cc1. The fourth-order valence-corrected chi connectivity index (χ4v) is 4.44. The Labute approximate surface area is 182 Å². The fourth-order valence-electron chi connectivity index (χ4n) is 4.44. The highest BCUT2D eigenvalue weighted by Gasteiger charge is 2.24. The van der Waals surface area contributed by atoms with Gasteiger partial charge in [-0.05, 0) is 75.2 Å². The summed E-state index contributed by atoms with van der Waals surface area (Å²) in [5.41, 5.74) is 5.49. The molecule has 0 atom stereocenters. The van der Waals surface area contributed by atoms with Crippen LogP contribution in [0.5, 0.6) is 0 Å². The lowest BCUT2D eigenvalue weighted by Gasteiger charge is -2.25. The highest BCUT2D eigenvalue weighted by atomic mass is 16.1. The van der Waals surface area contributed by atoms with Crippen molar-refractivity contribution < 1.29 is 9.59 Å². The van der Waals surface area contributed by atoms with E-state index in [1.807, 2.05) is 29.7 Å². The molecule has 2 aromatic heterocycles. The van der Waals surface area contributed by atoms with Gasteiger partial charge in [0, 0.05) is 24.0 Å². The predicted octanol–water partition coefficient (Wildman–Crippen LogP) is 4.01. The summed E-state index contributed by atoms with van der Waals surface area (Å²) in [7, 11) is 0. The quantitative estimate of drug-likeness (QED) is 0.431. The van der Waals surface area contributed by atoms with Crippen LogP contribution in [0, 0.1) is 18.3 Å². The van der Waals surface area contributed by atoms with E-state index in [2.05, 4.69) is 16.0 Å². The second-order valence-corrected chi connectivity index (χ2v) is 8.13. The van der Waals surface area contributed by atoms with Gasteiger partial charge in [0.25, 0.3) is 0 Å². The fraction of sp³-hybridized carbons (Fsp3) is 0.360. The van der Waals surface area contributed by atoms with Crippen molar-refractivity contribution in [2.24, 2.45) is 0 Å². The maximum atomic E-state index is 13.4. The van der Waals surface area contributed by atoms with Crippen molar-refractivity contribution in [2.45, 2.75) is 39.0 Å². The Bertz CT molecular complexity index is 1150. The zero-order valence-corrected chi connectivity index (χ0v) is 17.8. The number of nitriles is 1. The number of piperidine rings is 1. The lowest BCUT2D eigenvalue weighted by molar-refractivity contribution is -0.107. The second kappa shape index (κ2) is 9.23. The number of likely N-dealkylation sites (tertiary alicyclic amines) is 1. The number of aldehydes is 1. The number of carbonyl (C=O) groups is 2. The molecule has 0 radical (unpaired) electrons. The Morgan fingerprint density at radius 1 is 1.19 bits per heavy atom. The summed E-state index contributed by atoms with van der Waals surface area (Å²) in [6.45, 7) is 4.28. The summed E-state index contributed by atoms with van der Waals surface area (Å²) in [6.07, 6.45) is 7.22. The van der Waals surface area contributed by atoms with Crippen molar-refractivity contribution in [1.29, 1.82) is 5.26 Å². The van der Waals surface area contributed by atoms with E-state index < -0.39 is 0 Å². The van der Waals surface area contributed by atoms with Gasteiger partial charge in [-0.15, -0.1) is 0 Å². The Morgan fingerprint density at radius 2 is 1.94 bits per heavy atom. The molecule has 0 aliphatic carbocycles. The van der Waals surface area contributed by atoms with Crippen LogP contribution >= 0.6 is 0 Å². The van der Waals surface area contributed by atoms with Crippen molar-refractivity contribution in [3.63, 3.8) is 0 Å². The van der Waals surface area contributed by atoms with E-state index in [1.54, 1.807) is 18.3 Å². The topological polar surface area (TPSA) is 79.0 Å². The number of carbonyl (C=O) groups excluding carboxylic acids is 2. The average Bonchev–Trinajstić information content (AvgIpc) is 3.09. The van der Waals surface area contributed by atoms with E-state index in [1.165, 1.54) is 6.42 Å². The summed E-state index contributed by atoms with van der Waals surface area (Å²) in [5, 5.41) is 9.13. The van der Waals surface area contributed by atoms with Crippen molar-refractivity contribution in [3.05, 3.63) is 58.9 Å². The molecule has 31 heavy (non-hydrogen) atoms. The Kier molecular flexibility index (Phi) is 6.24. The molecule has 1 aromatic carbocycles. The van der Waals surface area contributed by atoms with Crippen molar-refractivity contribution >= 4 is 23.1 Å². The molecule has 3 aromatic rings. The van der Waals surface area contributed by atoms with Gasteiger partial charge >= 0.3 is 0 Å². The summed E-state index contributed by atoms with van der Waals surface area (Å²) in [4.78, 5) is 31.1. The van der Waals surface area contributed by atoms with Crippen molar-refractivity contribution in [3.8, 4) is 11.8 Å². The first kappa shape index (κ1) is 21.0. The molecule has 0 spiro atoms. The van der Waals surface area contributed by atoms with Gasteiger partial charge in [-0.1, -0.05) is 6.42 Å². The molecule has 6 heteroatoms. The third-order valence-electron chi connectivity index (χ3n) is 6.00. The van der Waals surface area contributed by atoms with Gasteiger partial charge in [-0.3, -0.25) is 14.7 Å². The number of ketones is 1. The number of hydrogen-bond acceptors (Lipinski definition) is 5. The van der Waals surface area contributed by atoms with Crippen LogP contribution in [-0.4, -0.2) is 46.2 Å². The van der Waals surface area contributed by atoms with Crippen LogP contribution in [0.25, 0.3) is 16.7 Å². The first-order valence-corrected chi connectivity index (χ1v) is 10.8. The molecule has 3 heterocycles. The normalized spacial score (nSPS) is 14.5. The van der Waals surface area contributed by atoms with Crippen LogP contribution < -0.4 is 0 Å². The van der Waals surface area contributed by atoms with Crippen molar-refractivity contribution in [1.82, 2.24) is 14.5 Å². The summed E-state index contributed by atoms with van der Waals surface area (Å²) < 4.78 is 2.04. The molecule has 6 nitrogen and oxygen atoms in total. The number of nitrogens with zero attached hydrogens (tertiary/aromatic N) is 4. The van der Waals surface area contributed by atoms with Crippen LogP contribution in [0.1, 0.15) is 52.9 Å². The third kappa shape index (κ3) is 4.28. The van der Waals surface area contributed by atoms with Crippen LogP contribution in [0.3, 0.4) is 0 Å². The summed E-state index contributed by atoms with van der Waals surface area (Å²) >= 11 is 0. The predicted molar refractivity (Wildman–Crippen MR) is 120 cm³/mol. The summed E-state index contributed by atoms with van der Waals surface area (Å²) in [5.74, 6) is 0.0879. The number of benzene rings is 1.